The van der Waals surface area contributed by atoms with Gasteiger partial charge in [-0.3, -0.25) is 0 Å². The van der Waals surface area contributed by atoms with Crippen molar-refractivity contribution in [1.82, 2.24) is 25.5 Å². The van der Waals surface area contributed by atoms with E-state index in [0.29, 0.717) is 6.04 Å². The fraction of sp³-hybridized carbons (Fsp3) is 0.917. The van der Waals surface area contributed by atoms with Gasteiger partial charge in [-0.2, -0.15) is 0 Å². The van der Waals surface area contributed by atoms with E-state index in [0.717, 1.165) is 31.3 Å². The van der Waals surface area contributed by atoms with Gasteiger partial charge in [-0.15, -0.1) is 5.10 Å². The van der Waals surface area contributed by atoms with Gasteiger partial charge in [-0.05, 0) is 48.7 Å². The Morgan fingerprint density at radius 1 is 1.18 bits per heavy atom. The molecular formula is C12H21N5. The van der Waals surface area contributed by atoms with Crippen LogP contribution in [0.4, 0.5) is 0 Å². The van der Waals surface area contributed by atoms with Crippen molar-refractivity contribution in [2.45, 2.75) is 51.0 Å². The van der Waals surface area contributed by atoms with Gasteiger partial charge in [0.25, 0.3) is 0 Å². The lowest BCUT2D eigenvalue weighted by molar-refractivity contribution is 0.313. The second-order valence-electron chi connectivity index (χ2n) is 5.39. The fourth-order valence-corrected chi connectivity index (χ4v) is 3.10. The van der Waals surface area contributed by atoms with E-state index in [-0.39, 0.29) is 0 Å². The van der Waals surface area contributed by atoms with Crippen LogP contribution in [0.15, 0.2) is 0 Å². The van der Waals surface area contributed by atoms with Crippen molar-refractivity contribution in [3.63, 3.8) is 0 Å². The van der Waals surface area contributed by atoms with E-state index >= 15 is 0 Å². The Morgan fingerprint density at radius 2 is 2.06 bits per heavy atom. The minimum atomic E-state index is 0.558. The zero-order valence-corrected chi connectivity index (χ0v) is 10.3. The molecular weight excluding hydrogens is 214 g/mol. The van der Waals surface area contributed by atoms with Gasteiger partial charge in [-0.1, -0.05) is 19.3 Å². The first kappa shape index (κ1) is 11.1. The first-order chi connectivity index (χ1) is 8.43. The molecule has 1 N–H and O–H groups in total. The summed E-state index contributed by atoms with van der Waals surface area (Å²) in [7, 11) is 0. The van der Waals surface area contributed by atoms with E-state index in [4.69, 9.17) is 0 Å². The molecule has 17 heavy (non-hydrogen) atoms. The third-order valence-corrected chi connectivity index (χ3v) is 4.12. The van der Waals surface area contributed by atoms with E-state index in [9.17, 15) is 0 Å². The Balaban J connectivity index is 1.69. The first-order valence-corrected chi connectivity index (χ1v) is 6.91. The molecule has 2 fully saturated rings. The third-order valence-electron chi connectivity index (χ3n) is 4.12. The highest BCUT2D eigenvalue weighted by Gasteiger charge is 2.23. The zero-order valence-electron chi connectivity index (χ0n) is 10.3. The van der Waals surface area contributed by atoms with Gasteiger partial charge in [-0.25, -0.2) is 4.68 Å². The highest BCUT2D eigenvalue weighted by atomic mass is 15.5. The lowest BCUT2D eigenvalue weighted by Gasteiger charge is -2.22. The fourth-order valence-electron chi connectivity index (χ4n) is 3.10. The third kappa shape index (κ3) is 2.49. The van der Waals surface area contributed by atoms with Gasteiger partial charge >= 0.3 is 0 Å². The summed E-state index contributed by atoms with van der Waals surface area (Å²) in [6, 6.07) is 0.558. The Morgan fingerprint density at radius 3 is 2.82 bits per heavy atom. The normalized spacial score (nSPS) is 26.5. The van der Waals surface area contributed by atoms with Crippen molar-refractivity contribution in [2.24, 2.45) is 5.92 Å². The van der Waals surface area contributed by atoms with Crippen molar-refractivity contribution in [1.29, 1.82) is 0 Å². The van der Waals surface area contributed by atoms with Gasteiger partial charge in [0, 0.05) is 6.42 Å². The summed E-state index contributed by atoms with van der Waals surface area (Å²) < 4.78 is 2.11. The minimum Gasteiger partial charge on any atom is -0.316 e. The number of nitrogens with one attached hydrogen (secondary N) is 1. The highest BCUT2D eigenvalue weighted by molar-refractivity contribution is 4.90. The molecule has 1 unspecified atom stereocenters. The molecule has 0 amide bonds. The van der Waals surface area contributed by atoms with E-state index in [2.05, 4.69) is 25.5 Å². The van der Waals surface area contributed by atoms with Crippen LogP contribution in [0.25, 0.3) is 0 Å². The molecule has 94 valence electrons. The molecule has 0 aromatic carbocycles. The number of nitrogens with zero attached hydrogens (tertiary/aromatic N) is 4. The molecule has 2 aliphatic rings. The lowest BCUT2D eigenvalue weighted by atomic mass is 9.95. The minimum absolute atomic E-state index is 0.558. The Labute approximate surface area is 102 Å². The van der Waals surface area contributed by atoms with Crippen LogP contribution in [0.1, 0.15) is 50.4 Å². The van der Waals surface area contributed by atoms with Crippen LogP contribution in [0.5, 0.6) is 0 Å². The van der Waals surface area contributed by atoms with Crippen molar-refractivity contribution >= 4 is 0 Å². The Kier molecular flexibility index (Phi) is 3.36. The molecule has 1 aromatic rings. The van der Waals surface area contributed by atoms with Gasteiger partial charge in [0.05, 0.1) is 6.04 Å². The molecule has 1 saturated heterocycles. The number of hydrogen-bond acceptors (Lipinski definition) is 4. The van der Waals surface area contributed by atoms with E-state index < -0.39 is 0 Å². The van der Waals surface area contributed by atoms with Crippen LogP contribution < -0.4 is 5.32 Å². The van der Waals surface area contributed by atoms with Crippen molar-refractivity contribution in [3.05, 3.63) is 5.82 Å². The number of tetrazole rings is 1. The van der Waals surface area contributed by atoms with Crippen LogP contribution >= 0.6 is 0 Å². The van der Waals surface area contributed by atoms with Gasteiger partial charge < -0.3 is 5.32 Å². The van der Waals surface area contributed by atoms with E-state index in [1.54, 1.807) is 0 Å². The smallest absolute Gasteiger partial charge is 0.151 e. The number of rotatable bonds is 3. The maximum atomic E-state index is 4.23. The summed E-state index contributed by atoms with van der Waals surface area (Å²) in [5.41, 5.74) is 0. The molecule has 3 rings (SSSR count). The standard InChI is InChI=1S/C12H21N5/c1-2-4-11(5-3-1)17-12(14-15-16-17)8-10-6-7-13-9-10/h10-11,13H,1-9H2. The topological polar surface area (TPSA) is 55.6 Å². The summed E-state index contributed by atoms with van der Waals surface area (Å²) in [5.74, 6) is 1.83. The SMILES string of the molecule is C1CCC(n2nnnc2CC2CCNC2)CC1. The molecule has 5 heteroatoms. The molecule has 0 bridgehead atoms. The van der Waals surface area contributed by atoms with Crippen LogP contribution in [0.3, 0.4) is 0 Å². The van der Waals surface area contributed by atoms with Crippen LogP contribution in [-0.4, -0.2) is 33.3 Å². The van der Waals surface area contributed by atoms with Gasteiger partial charge in [0.15, 0.2) is 5.82 Å². The predicted octanol–water partition coefficient (Wildman–Crippen LogP) is 1.33. The molecule has 1 aliphatic carbocycles. The molecule has 1 saturated carbocycles. The van der Waals surface area contributed by atoms with Crippen LogP contribution in [0, 0.1) is 5.92 Å². The Hall–Kier alpha value is -0.970. The molecule has 5 nitrogen and oxygen atoms in total. The predicted molar refractivity (Wildman–Crippen MR) is 64.6 cm³/mol. The lowest BCUT2D eigenvalue weighted by Crippen LogP contribution is -2.19. The molecule has 1 aromatic heterocycles. The van der Waals surface area contributed by atoms with Gasteiger partial charge in [0.2, 0.25) is 0 Å². The summed E-state index contributed by atoms with van der Waals surface area (Å²) in [4.78, 5) is 0. The average Bonchev–Trinajstić information content (AvgIpc) is 3.02. The maximum Gasteiger partial charge on any atom is 0.151 e. The quantitative estimate of drug-likeness (QED) is 0.858. The first-order valence-electron chi connectivity index (χ1n) is 6.91. The molecule has 1 atom stereocenters. The summed E-state index contributed by atoms with van der Waals surface area (Å²) in [5, 5.41) is 15.7. The van der Waals surface area contributed by atoms with E-state index in [1.807, 2.05) is 0 Å². The van der Waals surface area contributed by atoms with Gasteiger partial charge in [0.1, 0.15) is 0 Å². The summed E-state index contributed by atoms with van der Waals surface area (Å²) >= 11 is 0. The van der Waals surface area contributed by atoms with Crippen molar-refractivity contribution < 1.29 is 0 Å². The molecule has 1 aliphatic heterocycles. The molecule has 0 radical (unpaired) electrons. The highest BCUT2D eigenvalue weighted by Crippen LogP contribution is 2.28. The second-order valence-corrected chi connectivity index (χ2v) is 5.39. The number of hydrogen-bond donors (Lipinski definition) is 1. The Bertz CT molecular complexity index is 350. The molecule has 2 heterocycles. The van der Waals surface area contributed by atoms with E-state index in [1.165, 1.54) is 38.5 Å². The summed E-state index contributed by atoms with van der Waals surface area (Å²) in [6.07, 6.45) is 8.83. The average molecular weight is 235 g/mol. The largest absolute Gasteiger partial charge is 0.316 e. The molecule has 0 spiro atoms. The maximum absolute atomic E-state index is 4.23. The summed E-state index contributed by atoms with van der Waals surface area (Å²) in [6.45, 7) is 2.27. The number of aromatic nitrogens is 4. The second kappa shape index (κ2) is 5.12. The van der Waals surface area contributed by atoms with Crippen molar-refractivity contribution in [2.75, 3.05) is 13.1 Å². The zero-order chi connectivity index (χ0) is 11.5. The monoisotopic (exact) mass is 235 g/mol. The van der Waals surface area contributed by atoms with Crippen molar-refractivity contribution in [3.8, 4) is 0 Å². The van der Waals surface area contributed by atoms with Crippen LogP contribution in [0.2, 0.25) is 0 Å². The van der Waals surface area contributed by atoms with Crippen LogP contribution in [-0.2, 0) is 6.42 Å².